The van der Waals surface area contributed by atoms with Gasteiger partial charge in [-0.15, -0.1) is 10.2 Å². The molecule has 1 aromatic carbocycles. The summed E-state index contributed by atoms with van der Waals surface area (Å²) in [6, 6.07) is 3.79. The molecular formula is C24H33F2N7O2S2. The lowest BCUT2D eigenvalue weighted by Gasteiger charge is -2.41. The second kappa shape index (κ2) is 10.7. The summed E-state index contributed by atoms with van der Waals surface area (Å²) in [6.45, 7) is 11.2. The number of rotatable bonds is 8. The van der Waals surface area contributed by atoms with Gasteiger partial charge < -0.3 is 25.3 Å². The summed E-state index contributed by atoms with van der Waals surface area (Å²) in [4.78, 5) is 17.5. The van der Waals surface area contributed by atoms with Crippen LogP contribution in [-0.2, 0) is 4.74 Å². The number of nitrogens with one attached hydrogen (secondary N) is 3. The number of alkyl halides is 2. The first-order chi connectivity index (χ1) is 17.4. The molecule has 1 atom stereocenters. The molecule has 1 aliphatic carbocycles. The number of hydrogen-bond donors (Lipinski definition) is 3. The van der Waals surface area contributed by atoms with Crippen LogP contribution in [0, 0.1) is 5.41 Å². The van der Waals surface area contributed by atoms with Crippen LogP contribution in [0.5, 0.6) is 0 Å². The lowest BCUT2D eigenvalue weighted by Crippen LogP contribution is -2.55. The maximum absolute atomic E-state index is 13.1. The predicted molar refractivity (Wildman–Crippen MR) is 144 cm³/mol. The van der Waals surface area contributed by atoms with E-state index in [2.05, 4.69) is 32.1 Å². The molecule has 0 bridgehead atoms. The highest BCUT2D eigenvalue weighted by atomic mass is 32.2. The van der Waals surface area contributed by atoms with Gasteiger partial charge in [-0.1, -0.05) is 11.3 Å². The Bertz CT molecular complexity index is 1150. The topological polar surface area (TPSA) is 106 Å². The van der Waals surface area contributed by atoms with E-state index >= 15 is 0 Å². The van der Waals surface area contributed by atoms with Crippen LogP contribution in [0.4, 0.5) is 30.1 Å². The van der Waals surface area contributed by atoms with Crippen molar-refractivity contribution in [2.24, 2.45) is 0 Å². The average Bonchev–Trinajstić information content (AvgIpc) is 3.36. The van der Waals surface area contributed by atoms with Crippen molar-refractivity contribution in [2.75, 3.05) is 29.9 Å². The number of carbonyl (C=O) groups excluding carboxylic acids is 1. The first-order valence-corrected chi connectivity index (χ1v) is 13.8. The molecule has 2 heterocycles. The predicted octanol–water partition coefficient (Wildman–Crippen LogP) is 5.81. The van der Waals surface area contributed by atoms with Crippen LogP contribution in [0.2, 0.25) is 0 Å². The number of hydrogen-bond acceptors (Lipinski definition) is 10. The molecule has 9 nitrogen and oxygen atoms in total. The van der Waals surface area contributed by atoms with Crippen LogP contribution < -0.4 is 14.9 Å². The average molecular weight is 554 g/mol. The van der Waals surface area contributed by atoms with Crippen LogP contribution >= 0.6 is 23.3 Å². The van der Waals surface area contributed by atoms with Gasteiger partial charge >= 0.3 is 6.09 Å². The highest BCUT2D eigenvalue weighted by molar-refractivity contribution is 7.97. The number of anilines is 3. The van der Waals surface area contributed by atoms with Gasteiger partial charge in [-0.05, 0) is 71.5 Å². The smallest absolute Gasteiger partial charge is 0.410 e. The van der Waals surface area contributed by atoms with E-state index in [1.165, 1.54) is 18.2 Å². The highest BCUT2D eigenvalue weighted by Crippen LogP contribution is 2.40. The first-order valence-electron chi connectivity index (χ1n) is 12.1. The molecule has 2 aromatic rings. The van der Waals surface area contributed by atoms with Gasteiger partial charge in [0, 0.05) is 53.6 Å². The van der Waals surface area contributed by atoms with Crippen molar-refractivity contribution >= 4 is 52.1 Å². The van der Waals surface area contributed by atoms with Crippen molar-refractivity contribution in [2.45, 2.75) is 76.0 Å². The Hall–Kier alpha value is -2.51. The molecule has 202 valence electrons. The number of aromatic nitrogens is 2. The van der Waals surface area contributed by atoms with Gasteiger partial charge in [0.15, 0.2) is 5.01 Å². The van der Waals surface area contributed by atoms with E-state index in [-0.39, 0.29) is 27.8 Å². The molecular weight excluding hydrogens is 520 g/mol. The van der Waals surface area contributed by atoms with Crippen molar-refractivity contribution in [1.29, 1.82) is 5.41 Å². The third kappa shape index (κ3) is 6.88. The SMILES string of the molecule is CC1CN(c2cc(SNC3(C)CC3)cc(Nc3nnc(C(F)F)s3)c2C=N)CCN1C(=O)OC(C)(C)C. The minimum absolute atomic E-state index is 0.0948. The Balaban J connectivity index is 1.61. The molecule has 2 fully saturated rings. The number of benzene rings is 1. The van der Waals surface area contributed by atoms with Gasteiger partial charge in [0.25, 0.3) is 6.43 Å². The molecule has 1 unspecified atom stereocenters. The van der Waals surface area contributed by atoms with Crippen LogP contribution in [0.1, 0.15) is 64.5 Å². The molecule has 1 aromatic heterocycles. The molecule has 1 amide bonds. The van der Waals surface area contributed by atoms with Gasteiger partial charge in [-0.25, -0.2) is 13.6 Å². The summed E-state index contributed by atoms with van der Waals surface area (Å²) in [7, 11) is 0. The third-order valence-electron chi connectivity index (χ3n) is 6.16. The number of carbonyl (C=O) groups is 1. The summed E-state index contributed by atoms with van der Waals surface area (Å²) in [5, 5.41) is 18.6. The molecule has 3 N–H and O–H groups in total. The third-order valence-corrected chi connectivity index (χ3v) is 8.07. The fraction of sp³-hybridized carbons (Fsp3) is 0.583. The van der Waals surface area contributed by atoms with E-state index < -0.39 is 12.0 Å². The Morgan fingerprint density at radius 2 is 2.05 bits per heavy atom. The summed E-state index contributed by atoms with van der Waals surface area (Å²) in [5.41, 5.74) is 1.52. The number of amides is 1. The van der Waals surface area contributed by atoms with Gasteiger partial charge in [-0.2, -0.15) is 0 Å². The maximum Gasteiger partial charge on any atom is 0.410 e. The fourth-order valence-electron chi connectivity index (χ4n) is 3.92. The maximum atomic E-state index is 13.1. The zero-order valence-electron chi connectivity index (χ0n) is 21.6. The number of piperazine rings is 1. The molecule has 0 radical (unpaired) electrons. The molecule has 1 aliphatic heterocycles. The second-order valence-electron chi connectivity index (χ2n) is 10.7. The normalized spacial score (nSPS) is 19.2. The van der Waals surface area contributed by atoms with Gasteiger partial charge in [0.2, 0.25) is 5.13 Å². The summed E-state index contributed by atoms with van der Waals surface area (Å²) >= 11 is 2.29. The Labute approximate surface area is 224 Å². The van der Waals surface area contributed by atoms with Crippen molar-refractivity contribution in [1.82, 2.24) is 19.8 Å². The monoisotopic (exact) mass is 553 g/mol. The van der Waals surface area contributed by atoms with Gasteiger partial charge in [0.1, 0.15) is 5.60 Å². The molecule has 1 saturated heterocycles. The van der Waals surface area contributed by atoms with Crippen LogP contribution in [0.25, 0.3) is 0 Å². The van der Waals surface area contributed by atoms with Crippen LogP contribution in [0.15, 0.2) is 17.0 Å². The molecule has 4 rings (SSSR count). The molecule has 13 heteroatoms. The van der Waals surface area contributed by atoms with E-state index in [4.69, 9.17) is 10.1 Å². The quantitative estimate of drug-likeness (QED) is 0.278. The molecule has 0 spiro atoms. The lowest BCUT2D eigenvalue weighted by atomic mass is 10.1. The molecule has 2 aliphatic rings. The van der Waals surface area contributed by atoms with E-state index in [0.717, 1.165) is 34.8 Å². The number of halogens is 2. The van der Waals surface area contributed by atoms with Crippen molar-refractivity contribution < 1.29 is 18.3 Å². The Morgan fingerprint density at radius 3 is 2.62 bits per heavy atom. The number of nitrogens with zero attached hydrogens (tertiary/aromatic N) is 4. The van der Waals surface area contributed by atoms with Crippen LogP contribution in [-0.4, -0.2) is 64.2 Å². The largest absolute Gasteiger partial charge is 0.444 e. The summed E-state index contributed by atoms with van der Waals surface area (Å²) < 4.78 is 35.2. The number of ether oxygens (including phenoxy) is 1. The standard InChI is InChI=1S/C24H33F2N7O2S2/c1-14-13-32(8-9-33(14)22(34)35-23(2,3)4)18-11-15(37-31-24(5)6-7-24)10-17(16(18)12-27)28-21-30-29-20(36-21)19(25)26/h10-12,14,19,27,31H,6-9,13H2,1-5H3,(H,28,30). The van der Waals surface area contributed by atoms with E-state index in [0.29, 0.717) is 30.9 Å². The highest BCUT2D eigenvalue weighted by Gasteiger charge is 2.37. The van der Waals surface area contributed by atoms with Gasteiger partial charge in [0.05, 0.1) is 5.69 Å². The zero-order valence-corrected chi connectivity index (χ0v) is 23.2. The minimum atomic E-state index is -2.70. The summed E-state index contributed by atoms with van der Waals surface area (Å²) in [6.07, 6.45) is 0.413. The Morgan fingerprint density at radius 1 is 1.32 bits per heavy atom. The minimum Gasteiger partial charge on any atom is -0.444 e. The summed E-state index contributed by atoms with van der Waals surface area (Å²) in [5.74, 6) is 0. The van der Waals surface area contributed by atoms with Crippen molar-refractivity contribution in [3.8, 4) is 0 Å². The van der Waals surface area contributed by atoms with E-state index in [9.17, 15) is 13.6 Å². The fourth-order valence-corrected chi connectivity index (χ4v) is 5.44. The van der Waals surface area contributed by atoms with Crippen molar-refractivity contribution in [3.05, 3.63) is 22.7 Å². The first kappa shape index (κ1) is 27.5. The molecule has 1 saturated carbocycles. The Kier molecular flexibility index (Phi) is 7.96. The van der Waals surface area contributed by atoms with Crippen LogP contribution in [0.3, 0.4) is 0 Å². The van der Waals surface area contributed by atoms with E-state index in [1.807, 2.05) is 39.8 Å². The second-order valence-corrected chi connectivity index (χ2v) is 12.5. The van der Waals surface area contributed by atoms with Gasteiger partial charge in [-0.3, -0.25) is 4.72 Å². The van der Waals surface area contributed by atoms with E-state index in [1.54, 1.807) is 4.90 Å². The van der Waals surface area contributed by atoms with Crippen molar-refractivity contribution in [3.63, 3.8) is 0 Å². The lowest BCUT2D eigenvalue weighted by molar-refractivity contribution is 0.0159. The molecule has 37 heavy (non-hydrogen) atoms. The zero-order chi connectivity index (χ0) is 27.0.